The quantitative estimate of drug-likeness (QED) is 0.278. The van der Waals surface area contributed by atoms with Crippen LogP contribution < -0.4 is 0 Å². The molecule has 0 aromatic heterocycles. The van der Waals surface area contributed by atoms with Crippen molar-refractivity contribution in [2.24, 2.45) is 11.8 Å². The summed E-state index contributed by atoms with van der Waals surface area (Å²) in [6.07, 6.45) is 7.89. The standard InChI is InChI=1S/C23H30O7/c1-2-13-30-20(15-19(23(28)29)16-22(26)27)18(11-7-4-8-12-21(24)25)14-17-9-5-3-6-10-17/h1,3,5-6,9-10,18-20H,4,7-8,11-16H2,(H,24,25)(H,26,27)(H,28,29). The summed E-state index contributed by atoms with van der Waals surface area (Å²) in [6.45, 7) is 0.00831. The molecule has 7 heteroatoms. The van der Waals surface area contributed by atoms with Gasteiger partial charge in [0.15, 0.2) is 0 Å². The molecule has 0 radical (unpaired) electrons. The molecular formula is C23H30O7. The molecule has 0 spiro atoms. The Labute approximate surface area is 177 Å². The van der Waals surface area contributed by atoms with Crippen LogP contribution in [0.15, 0.2) is 30.3 Å². The Morgan fingerprint density at radius 2 is 1.70 bits per heavy atom. The maximum atomic E-state index is 11.6. The highest BCUT2D eigenvalue weighted by molar-refractivity contribution is 5.77. The minimum atomic E-state index is -1.17. The van der Waals surface area contributed by atoms with Crippen molar-refractivity contribution >= 4 is 17.9 Å². The van der Waals surface area contributed by atoms with Gasteiger partial charge in [0.05, 0.1) is 18.4 Å². The number of rotatable bonds is 16. The molecule has 0 amide bonds. The van der Waals surface area contributed by atoms with Crippen LogP contribution in [0.4, 0.5) is 0 Å². The lowest BCUT2D eigenvalue weighted by Crippen LogP contribution is -2.32. The van der Waals surface area contributed by atoms with Crippen LogP contribution in [0.5, 0.6) is 0 Å². The van der Waals surface area contributed by atoms with E-state index in [4.69, 9.17) is 21.4 Å². The second kappa shape index (κ2) is 14.2. The molecule has 0 saturated carbocycles. The molecule has 30 heavy (non-hydrogen) atoms. The summed E-state index contributed by atoms with van der Waals surface area (Å²) in [4.78, 5) is 33.4. The normalized spacial score (nSPS) is 13.7. The molecule has 3 atom stereocenters. The van der Waals surface area contributed by atoms with Crippen molar-refractivity contribution in [3.05, 3.63) is 35.9 Å². The predicted molar refractivity (Wildman–Crippen MR) is 111 cm³/mol. The molecule has 0 aliphatic carbocycles. The molecule has 0 aliphatic rings. The fraction of sp³-hybridized carbons (Fsp3) is 0.522. The largest absolute Gasteiger partial charge is 0.481 e. The van der Waals surface area contributed by atoms with E-state index in [-0.39, 0.29) is 25.4 Å². The van der Waals surface area contributed by atoms with Gasteiger partial charge in [-0.15, -0.1) is 6.42 Å². The van der Waals surface area contributed by atoms with E-state index in [1.165, 1.54) is 0 Å². The van der Waals surface area contributed by atoms with Gasteiger partial charge >= 0.3 is 17.9 Å². The highest BCUT2D eigenvalue weighted by Crippen LogP contribution is 2.27. The van der Waals surface area contributed by atoms with Gasteiger partial charge in [0.2, 0.25) is 0 Å². The van der Waals surface area contributed by atoms with Crippen molar-refractivity contribution < 1.29 is 34.4 Å². The summed E-state index contributed by atoms with van der Waals surface area (Å²) in [5.74, 6) is -1.92. The van der Waals surface area contributed by atoms with Gasteiger partial charge in [-0.1, -0.05) is 49.1 Å². The van der Waals surface area contributed by atoms with E-state index in [0.717, 1.165) is 18.4 Å². The molecule has 3 N–H and O–H groups in total. The van der Waals surface area contributed by atoms with Gasteiger partial charge in [-0.05, 0) is 37.2 Å². The number of aliphatic carboxylic acids is 3. The molecule has 164 valence electrons. The summed E-state index contributed by atoms with van der Waals surface area (Å²) >= 11 is 0. The van der Waals surface area contributed by atoms with E-state index in [1.54, 1.807) is 0 Å². The van der Waals surface area contributed by atoms with Crippen LogP contribution in [-0.2, 0) is 25.5 Å². The van der Waals surface area contributed by atoms with E-state index >= 15 is 0 Å². The second-order valence-electron chi connectivity index (χ2n) is 7.37. The number of carbonyl (C=O) groups is 3. The van der Waals surface area contributed by atoms with Crippen LogP contribution in [0.3, 0.4) is 0 Å². The number of unbranched alkanes of at least 4 members (excludes halogenated alkanes) is 2. The highest BCUT2D eigenvalue weighted by atomic mass is 16.5. The Hall–Kier alpha value is -2.85. The molecule has 1 rings (SSSR count). The number of carboxylic acids is 3. The number of terminal acetylenes is 1. The summed E-state index contributed by atoms with van der Waals surface area (Å²) in [5.41, 5.74) is 1.06. The molecule has 0 aliphatic heterocycles. The number of ether oxygens (including phenoxy) is 1. The SMILES string of the molecule is C#CCOC(CC(CC(=O)O)C(=O)O)C(CCCCCC(=O)O)Cc1ccccc1. The van der Waals surface area contributed by atoms with Crippen molar-refractivity contribution in [1.82, 2.24) is 0 Å². The third-order valence-electron chi connectivity index (χ3n) is 5.00. The van der Waals surface area contributed by atoms with Gasteiger partial charge in [-0.3, -0.25) is 14.4 Å². The zero-order chi connectivity index (χ0) is 22.4. The van der Waals surface area contributed by atoms with Crippen LogP contribution in [0, 0.1) is 24.2 Å². The number of carboxylic acid groups (broad SMARTS) is 3. The molecule has 0 saturated heterocycles. The van der Waals surface area contributed by atoms with Gasteiger partial charge in [0, 0.05) is 6.42 Å². The first-order chi connectivity index (χ1) is 14.3. The first-order valence-corrected chi connectivity index (χ1v) is 10.1. The van der Waals surface area contributed by atoms with E-state index in [9.17, 15) is 19.5 Å². The van der Waals surface area contributed by atoms with E-state index in [0.29, 0.717) is 19.3 Å². The monoisotopic (exact) mass is 418 g/mol. The lowest BCUT2D eigenvalue weighted by molar-refractivity contribution is -0.150. The Bertz CT molecular complexity index is 708. The third-order valence-corrected chi connectivity index (χ3v) is 5.00. The predicted octanol–water partition coefficient (Wildman–Crippen LogP) is 3.46. The van der Waals surface area contributed by atoms with Crippen molar-refractivity contribution in [2.75, 3.05) is 6.61 Å². The van der Waals surface area contributed by atoms with Gasteiger partial charge in [0.25, 0.3) is 0 Å². The van der Waals surface area contributed by atoms with Crippen LogP contribution in [-0.4, -0.2) is 45.9 Å². The molecule has 0 fully saturated rings. The molecular weight excluding hydrogens is 388 g/mol. The van der Waals surface area contributed by atoms with Gasteiger partial charge in [-0.25, -0.2) is 0 Å². The number of benzene rings is 1. The van der Waals surface area contributed by atoms with Crippen molar-refractivity contribution in [3.8, 4) is 12.3 Å². The highest BCUT2D eigenvalue weighted by Gasteiger charge is 2.30. The first-order valence-electron chi connectivity index (χ1n) is 10.1. The average molecular weight is 418 g/mol. The van der Waals surface area contributed by atoms with Crippen molar-refractivity contribution in [1.29, 1.82) is 0 Å². The Kier molecular flexibility index (Phi) is 11.9. The topological polar surface area (TPSA) is 121 Å². The number of hydrogen-bond acceptors (Lipinski definition) is 4. The maximum Gasteiger partial charge on any atom is 0.307 e. The molecule has 3 unspecified atom stereocenters. The summed E-state index contributed by atoms with van der Waals surface area (Å²) in [7, 11) is 0. The van der Waals surface area contributed by atoms with Crippen LogP contribution in [0.2, 0.25) is 0 Å². The number of hydrogen-bond donors (Lipinski definition) is 3. The first kappa shape index (κ1) is 25.2. The van der Waals surface area contributed by atoms with Crippen LogP contribution in [0.1, 0.15) is 50.5 Å². The fourth-order valence-corrected chi connectivity index (χ4v) is 3.51. The average Bonchev–Trinajstić information content (AvgIpc) is 2.69. The molecule has 1 aromatic carbocycles. The van der Waals surface area contributed by atoms with Crippen LogP contribution in [0.25, 0.3) is 0 Å². The van der Waals surface area contributed by atoms with Crippen molar-refractivity contribution in [3.63, 3.8) is 0 Å². The lowest BCUT2D eigenvalue weighted by atomic mass is 9.83. The molecule has 0 heterocycles. The van der Waals surface area contributed by atoms with Crippen molar-refractivity contribution in [2.45, 2.75) is 57.5 Å². The summed E-state index contributed by atoms with van der Waals surface area (Å²) in [5, 5.41) is 27.3. The van der Waals surface area contributed by atoms with E-state index in [2.05, 4.69) is 5.92 Å². The molecule has 0 bridgehead atoms. The van der Waals surface area contributed by atoms with E-state index < -0.39 is 36.4 Å². The van der Waals surface area contributed by atoms with E-state index in [1.807, 2.05) is 30.3 Å². The third kappa shape index (κ3) is 10.6. The summed E-state index contributed by atoms with van der Waals surface area (Å²) in [6, 6.07) is 9.69. The Morgan fingerprint density at radius 1 is 1.00 bits per heavy atom. The molecule has 1 aromatic rings. The van der Waals surface area contributed by atoms with Gasteiger partial charge < -0.3 is 20.1 Å². The Balaban J connectivity index is 2.94. The second-order valence-corrected chi connectivity index (χ2v) is 7.37. The van der Waals surface area contributed by atoms with Gasteiger partial charge in [-0.2, -0.15) is 0 Å². The zero-order valence-electron chi connectivity index (χ0n) is 17.0. The Morgan fingerprint density at radius 3 is 2.27 bits per heavy atom. The summed E-state index contributed by atoms with van der Waals surface area (Å²) < 4.78 is 5.80. The van der Waals surface area contributed by atoms with Gasteiger partial charge in [0.1, 0.15) is 6.61 Å². The van der Waals surface area contributed by atoms with Crippen LogP contribution >= 0.6 is 0 Å². The maximum absolute atomic E-state index is 11.6. The fourth-order valence-electron chi connectivity index (χ4n) is 3.51. The minimum absolute atomic E-state index is 0.00831. The molecule has 7 nitrogen and oxygen atoms in total. The smallest absolute Gasteiger partial charge is 0.307 e. The minimum Gasteiger partial charge on any atom is -0.481 e. The lowest BCUT2D eigenvalue weighted by Gasteiger charge is -2.29. The zero-order valence-corrected chi connectivity index (χ0v) is 17.0.